The van der Waals surface area contributed by atoms with Gasteiger partial charge in [-0.1, -0.05) is 158 Å². The minimum absolute atomic E-state index is 0.333. The average Bonchev–Trinajstić information content (AvgIpc) is 3.02. The molecule has 2 nitrogen and oxygen atoms in total. The van der Waals surface area contributed by atoms with Crippen molar-refractivity contribution in [3.63, 3.8) is 0 Å². The fourth-order valence-electron chi connectivity index (χ4n) is 4.49. The Bertz CT molecular complexity index is 1470. The molecule has 7 heteroatoms. The second kappa shape index (κ2) is 16.0. The van der Waals surface area contributed by atoms with Crippen LogP contribution in [0.1, 0.15) is 0 Å². The van der Waals surface area contributed by atoms with Gasteiger partial charge < -0.3 is 10.2 Å². The summed E-state index contributed by atoms with van der Waals surface area (Å²) in [4.78, 5) is 0. The number of aromatic hydroxyl groups is 2. The summed E-state index contributed by atoms with van der Waals surface area (Å²) in [6.45, 7) is 0. The van der Waals surface area contributed by atoms with Crippen molar-refractivity contribution in [1.29, 1.82) is 0 Å². The van der Waals surface area contributed by atoms with E-state index in [1.165, 1.54) is 0 Å². The van der Waals surface area contributed by atoms with Crippen molar-refractivity contribution >= 4 is 37.7 Å². The third kappa shape index (κ3) is 9.90. The number of para-hydroxylation sites is 2. The predicted molar refractivity (Wildman–Crippen MR) is 181 cm³/mol. The molecule has 6 aromatic carbocycles. The number of hydrogen-bond acceptors (Lipinski definition) is 2. The van der Waals surface area contributed by atoms with E-state index in [1.807, 2.05) is 158 Å². The molecule has 0 saturated carbocycles. The van der Waals surface area contributed by atoms with E-state index in [0.717, 1.165) is 44.5 Å². The van der Waals surface area contributed by atoms with Gasteiger partial charge in [-0.15, -0.1) is 0 Å². The summed E-state index contributed by atoms with van der Waals surface area (Å²) in [5, 5.41) is 21.0. The zero-order chi connectivity index (χ0) is 30.7. The average molecular weight is 818 g/mol. The maximum atomic E-state index is 10.5. The van der Waals surface area contributed by atoms with Crippen LogP contribution in [0.3, 0.4) is 0 Å². The molecular weight excluding hydrogens is 790 g/mol. The van der Waals surface area contributed by atoms with Crippen molar-refractivity contribution in [2.75, 3.05) is 0 Å². The molecule has 0 unspecified atom stereocenters. The molecular formula is C36H28Cl4O2W. The Hall–Kier alpha value is -3.23. The fourth-order valence-corrected chi connectivity index (χ4v) is 4.49. The van der Waals surface area contributed by atoms with Gasteiger partial charge in [0.1, 0.15) is 11.5 Å². The van der Waals surface area contributed by atoms with E-state index in [9.17, 15) is 10.2 Å². The Morgan fingerprint density at radius 2 is 0.488 bits per heavy atom. The van der Waals surface area contributed by atoms with E-state index in [2.05, 4.69) is 0 Å². The van der Waals surface area contributed by atoms with Crippen molar-refractivity contribution in [2.24, 2.45) is 0 Å². The van der Waals surface area contributed by atoms with Crippen LogP contribution in [0.15, 0.2) is 158 Å². The second-order valence-electron chi connectivity index (χ2n) is 9.22. The second-order valence-corrected chi connectivity index (χ2v) is 34.6. The molecule has 0 aromatic heterocycles. The van der Waals surface area contributed by atoms with Crippen LogP contribution in [0.4, 0.5) is 0 Å². The fraction of sp³-hybridized carbons (Fsp3) is 0. The molecule has 0 spiro atoms. The molecule has 0 atom stereocenters. The van der Waals surface area contributed by atoms with Crippen LogP contribution < -0.4 is 0 Å². The summed E-state index contributed by atoms with van der Waals surface area (Å²) in [5.74, 6) is 0.666. The molecule has 2 N–H and O–H groups in total. The molecule has 0 amide bonds. The number of phenols is 2. The first-order valence-electron chi connectivity index (χ1n) is 13.2. The van der Waals surface area contributed by atoms with Crippen molar-refractivity contribution in [1.82, 2.24) is 0 Å². The Morgan fingerprint density at radius 3 is 0.674 bits per heavy atom. The Morgan fingerprint density at radius 1 is 0.302 bits per heavy atom. The Labute approximate surface area is 271 Å². The van der Waals surface area contributed by atoms with Gasteiger partial charge in [0.05, 0.1) is 0 Å². The first-order valence-corrected chi connectivity index (χ1v) is 27.7. The standard InChI is InChI=1S/2C18H14O.4ClH.W/c2*19-18-16(14-8-3-1-4-9-14)12-7-13-17(18)15-10-5-2-6-11-15;;;;;/h2*1-13,19H;4*1H;/q;;;;;;+4/p-4. The van der Waals surface area contributed by atoms with Gasteiger partial charge >= 0.3 is 49.6 Å². The summed E-state index contributed by atoms with van der Waals surface area (Å²) in [6.07, 6.45) is 0. The molecule has 0 saturated heterocycles. The summed E-state index contributed by atoms with van der Waals surface area (Å²) in [6, 6.07) is 51.5. The maximum absolute atomic E-state index is 10.5. The Balaban J connectivity index is 0.000000171. The molecule has 0 heterocycles. The molecule has 43 heavy (non-hydrogen) atoms. The van der Waals surface area contributed by atoms with E-state index < -0.39 is 11.9 Å². The number of halogens is 4. The van der Waals surface area contributed by atoms with Crippen LogP contribution in [0.25, 0.3) is 44.5 Å². The van der Waals surface area contributed by atoms with Gasteiger partial charge in [0.2, 0.25) is 0 Å². The van der Waals surface area contributed by atoms with Crippen molar-refractivity contribution in [3.8, 4) is 56.0 Å². The van der Waals surface area contributed by atoms with Crippen molar-refractivity contribution in [3.05, 3.63) is 158 Å². The molecule has 0 radical (unpaired) electrons. The van der Waals surface area contributed by atoms with Gasteiger partial charge in [-0.05, 0) is 22.3 Å². The molecule has 0 aliphatic carbocycles. The van der Waals surface area contributed by atoms with Gasteiger partial charge in [-0.25, -0.2) is 0 Å². The van der Waals surface area contributed by atoms with Gasteiger partial charge in [0, 0.05) is 22.3 Å². The van der Waals surface area contributed by atoms with Gasteiger partial charge in [0.25, 0.3) is 0 Å². The quantitative estimate of drug-likeness (QED) is 0.186. The van der Waals surface area contributed by atoms with E-state index in [1.54, 1.807) is 0 Å². The van der Waals surface area contributed by atoms with Crippen LogP contribution in [0.2, 0.25) is 0 Å². The zero-order valence-electron chi connectivity index (χ0n) is 22.8. The minimum atomic E-state index is -3.28. The van der Waals surface area contributed by atoms with Crippen LogP contribution in [0.5, 0.6) is 11.5 Å². The number of benzene rings is 6. The van der Waals surface area contributed by atoms with Gasteiger partial charge in [-0.3, -0.25) is 0 Å². The van der Waals surface area contributed by atoms with Crippen molar-refractivity contribution < 1.29 is 22.1 Å². The molecule has 0 aliphatic heterocycles. The zero-order valence-corrected chi connectivity index (χ0v) is 28.8. The summed E-state index contributed by atoms with van der Waals surface area (Å²) >= 11 is -3.28. The topological polar surface area (TPSA) is 40.5 Å². The van der Waals surface area contributed by atoms with Crippen LogP contribution in [-0.4, -0.2) is 10.2 Å². The van der Waals surface area contributed by atoms with Crippen LogP contribution in [0, 0.1) is 0 Å². The normalized spacial score (nSPS) is 10.9. The first kappa shape index (κ1) is 32.7. The van der Waals surface area contributed by atoms with Crippen LogP contribution in [-0.2, 0) is 11.9 Å². The molecule has 0 fully saturated rings. The molecule has 218 valence electrons. The number of phenolic OH excluding ortho intramolecular Hbond substituents is 2. The first-order chi connectivity index (χ1) is 20.7. The summed E-state index contributed by atoms with van der Waals surface area (Å²) < 4.78 is 0. The Kier molecular flexibility index (Phi) is 12.2. The molecule has 6 rings (SSSR count). The summed E-state index contributed by atoms with van der Waals surface area (Å²) in [5.41, 5.74) is 7.55. The third-order valence-electron chi connectivity index (χ3n) is 6.41. The number of hydrogen-bond donors (Lipinski definition) is 2. The van der Waals surface area contributed by atoms with Gasteiger partial charge in [-0.2, -0.15) is 0 Å². The molecule has 0 aliphatic rings. The third-order valence-corrected chi connectivity index (χ3v) is 6.41. The molecule has 6 aromatic rings. The molecule has 0 bridgehead atoms. The van der Waals surface area contributed by atoms with Crippen molar-refractivity contribution in [2.45, 2.75) is 0 Å². The van der Waals surface area contributed by atoms with E-state index >= 15 is 0 Å². The number of rotatable bonds is 4. The predicted octanol–water partition coefficient (Wildman–Crippen LogP) is 12.2. The van der Waals surface area contributed by atoms with Gasteiger partial charge in [0.15, 0.2) is 0 Å². The van der Waals surface area contributed by atoms with E-state index in [0.29, 0.717) is 11.5 Å². The van der Waals surface area contributed by atoms with Crippen LogP contribution >= 0.6 is 37.7 Å². The van der Waals surface area contributed by atoms with E-state index in [-0.39, 0.29) is 0 Å². The summed E-state index contributed by atoms with van der Waals surface area (Å²) in [7, 11) is 20.1. The monoisotopic (exact) mass is 816 g/mol. The SMILES string of the molecule is Oc1c(-c2ccccc2)cccc1-c1ccccc1.Oc1c(-c2ccccc2)cccc1-c1ccccc1.[Cl][W]([Cl])([Cl])[Cl]. The van der Waals surface area contributed by atoms with E-state index in [4.69, 9.17) is 37.7 Å².